The van der Waals surface area contributed by atoms with Gasteiger partial charge in [-0.25, -0.2) is 27.3 Å². The third-order valence-electron chi connectivity index (χ3n) is 11.8. The van der Waals surface area contributed by atoms with E-state index >= 15 is 0 Å². The number of anilines is 1. The van der Waals surface area contributed by atoms with Gasteiger partial charge in [0.1, 0.15) is 0 Å². The number of piperidine rings is 3. The van der Waals surface area contributed by atoms with Crippen LogP contribution in [0.1, 0.15) is 55.2 Å². The number of carbonyl (C=O) groups excluding carboxylic acids is 3. The third kappa shape index (κ3) is 7.78. The van der Waals surface area contributed by atoms with E-state index in [0.29, 0.717) is 70.5 Å². The first-order valence-corrected chi connectivity index (χ1v) is 20.5. The quantitative estimate of drug-likeness (QED) is 0.380. The van der Waals surface area contributed by atoms with Crippen molar-refractivity contribution in [3.05, 3.63) is 59.4 Å². The minimum absolute atomic E-state index is 0.00349. The Morgan fingerprint density at radius 3 is 2.27 bits per heavy atom. The number of aryl methyl sites for hydroxylation is 2. The predicted octanol–water partition coefficient (Wildman–Crippen LogP) is 4.39. The lowest BCUT2D eigenvalue weighted by molar-refractivity contribution is -0.142. The summed E-state index contributed by atoms with van der Waals surface area (Å²) in [4.78, 5) is 51.1. The van der Waals surface area contributed by atoms with Gasteiger partial charge in [0.2, 0.25) is 10.0 Å². The number of likely N-dealkylation sites (tertiary alicyclic amines) is 2. The lowest BCUT2D eigenvalue weighted by Crippen LogP contribution is -2.52. The van der Waals surface area contributed by atoms with Crippen molar-refractivity contribution in [2.75, 3.05) is 57.4 Å². The van der Waals surface area contributed by atoms with E-state index in [2.05, 4.69) is 10.3 Å². The van der Waals surface area contributed by atoms with Crippen LogP contribution in [-0.2, 0) is 39.4 Å². The van der Waals surface area contributed by atoms with Crippen LogP contribution in [0.15, 0.2) is 42.7 Å². The zero-order valence-corrected chi connectivity index (χ0v) is 31.3. The summed E-state index contributed by atoms with van der Waals surface area (Å²) in [7, 11) is -1.22. The van der Waals surface area contributed by atoms with Gasteiger partial charge in [-0.3, -0.25) is 4.79 Å². The Kier molecular flexibility index (Phi) is 10.5. The van der Waals surface area contributed by atoms with E-state index in [0.717, 1.165) is 65.5 Å². The molecule has 3 saturated heterocycles. The van der Waals surface area contributed by atoms with Crippen molar-refractivity contribution < 1.29 is 27.5 Å². The number of rotatable bonds is 7. The SMILES string of the molecule is Cc1cc(C[C@@H](OC(=O)N2CCC(N3CCc4ccccc4NC3=O)CC2)C(=O)N2CCC(C3CCN(S(C)(=O)=O)CC3)CC2)cc2ncn(C)c12. The molecule has 13 nitrogen and oxygen atoms in total. The number of imidazole rings is 1. The first-order valence-electron chi connectivity index (χ1n) is 18.7. The largest absolute Gasteiger partial charge is 0.436 e. The predicted molar refractivity (Wildman–Crippen MR) is 198 cm³/mol. The third-order valence-corrected chi connectivity index (χ3v) is 13.1. The zero-order valence-electron chi connectivity index (χ0n) is 30.5. The fourth-order valence-electron chi connectivity index (χ4n) is 8.88. The van der Waals surface area contributed by atoms with Crippen LogP contribution in [0.4, 0.5) is 15.3 Å². The molecule has 5 heterocycles. The number of benzene rings is 2. The smallest absolute Gasteiger partial charge is 0.410 e. The number of urea groups is 1. The number of ether oxygens (including phenoxy) is 1. The highest BCUT2D eigenvalue weighted by Gasteiger charge is 2.37. The Labute approximate surface area is 306 Å². The Hall–Kier alpha value is -4.17. The molecule has 280 valence electrons. The van der Waals surface area contributed by atoms with Crippen LogP contribution < -0.4 is 5.32 Å². The van der Waals surface area contributed by atoms with Gasteiger partial charge in [0, 0.05) is 71.0 Å². The molecule has 3 aromatic rings. The minimum Gasteiger partial charge on any atom is -0.436 e. The summed E-state index contributed by atoms with van der Waals surface area (Å²) in [5, 5.41) is 3.05. The van der Waals surface area contributed by atoms with Crippen LogP contribution in [0.3, 0.4) is 0 Å². The molecule has 1 N–H and O–H groups in total. The molecule has 7 rings (SSSR count). The number of fused-ring (bicyclic) bond motifs is 2. The van der Waals surface area contributed by atoms with E-state index in [1.165, 1.54) is 6.26 Å². The molecular formula is C38H51N7O6S. The first kappa shape index (κ1) is 36.2. The number of hydrogen-bond acceptors (Lipinski definition) is 7. The standard InChI is InChI=1S/C38H51N7O6S/c1-26-22-27(23-33-35(26)41(2)25-39-33)24-34(36(46)42-15-8-28(9-16-42)29-10-19-44(20-11-29)52(3,49)50)51-38(48)43-17-13-31(14-18-43)45-21-12-30-6-4-5-7-32(30)40-37(45)47/h4-7,22-23,25,28-29,31,34H,8-21,24H2,1-3H3,(H,40,47)/t34-/m1/s1. The highest BCUT2D eigenvalue weighted by atomic mass is 32.2. The van der Waals surface area contributed by atoms with Gasteiger partial charge in [-0.05, 0) is 92.5 Å². The number of sulfonamides is 1. The maximum absolute atomic E-state index is 14.2. The fraction of sp³-hybridized carbons (Fsp3) is 0.579. The summed E-state index contributed by atoms with van der Waals surface area (Å²) >= 11 is 0. The maximum atomic E-state index is 14.2. The Balaban J connectivity index is 0.996. The summed E-state index contributed by atoms with van der Waals surface area (Å²) in [5.41, 5.74) is 5.75. The van der Waals surface area contributed by atoms with Gasteiger partial charge >= 0.3 is 12.1 Å². The molecule has 3 fully saturated rings. The minimum atomic E-state index is -3.18. The van der Waals surface area contributed by atoms with Gasteiger partial charge in [0.25, 0.3) is 5.91 Å². The molecule has 4 aliphatic heterocycles. The summed E-state index contributed by atoms with van der Waals surface area (Å²) in [6.07, 6.45) is 7.19. The Morgan fingerprint density at radius 2 is 1.58 bits per heavy atom. The lowest BCUT2D eigenvalue weighted by atomic mass is 9.79. The number of para-hydroxylation sites is 1. The van der Waals surface area contributed by atoms with E-state index in [-0.39, 0.29) is 24.4 Å². The van der Waals surface area contributed by atoms with Crippen LogP contribution in [0.5, 0.6) is 0 Å². The normalized spacial score (nSPS) is 20.8. The van der Waals surface area contributed by atoms with E-state index in [1.54, 1.807) is 15.5 Å². The average Bonchev–Trinajstić information content (AvgIpc) is 3.43. The van der Waals surface area contributed by atoms with Crippen molar-refractivity contribution in [3.8, 4) is 0 Å². The highest BCUT2D eigenvalue weighted by molar-refractivity contribution is 7.88. The Bertz CT molecular complexity index is 1910. The second-order valence-corrected chi connectivity index (χ2v) is 17.1. The Morgan fingerprint density at radius 1 is 0.923 bits per heavy atom. The molecule has 0 unspecified atom stereocenters. The molecule has 0 bridgehead atoms. The molecule has 0 saturated carbocycles. The molecule has 1 aromatic heterocycles. The van der Waals surface area contributed by atoms with E-state index < -0.39 is 22.2 Å². The van der Waals surface area contributed by atoms with Crippen molar-refractivity contribution in [2.45, 2.75) is 70.4 Å². The molecule has 0 spiro atoms. The average molecular weight is 734 g/mol. The van der Waals surface area contributed by atoms with Crippen LogP contribution in [0, 0.1) is 18.8 Å². The zero-order chi connectivity index (χ0) is 36.6. The summed E-state index contributed by atoms with van der Waals surface area (Å²) in [6.45, 7) is 5.77. The molecule has 0 aliphatic carbocycles. The molecule has 52 heavy (non-hydrogen) atoms. The van der Waals surface area contributed by atoms with Crippen LogP contribution in [0.25, 0.3) is 11.0 Å². The van der Waals surface area contributed by atoms with Crippen molar-refractivity contribution in [3.63, 3.8) is 0 Å². The first-order chi connectivity index (χ1) is 24.9. The number of nitrogens with zero attached hydrogens (tertiary/aromatic N) is 6. The second kappa shape index (κ2) is 15.1. The van der Waals surface area contributed by atoms with Crippen molar-refractivity contribution in [1.29, 1.82) is 0 Å². The number of amides is 4. The molecule has 2 aromatic carbocycles. The van der Waals surface area contributed by atoms with Gasteiger partial charge in [-0.1, -0.05) is 24.3 Å². The van der Waals surface area contributed by atoms with E-state index in [4.69, 9.17) is 4.74 Å². The van der Waals surface area contributed by atoms with Crippen LogP contribution in [0.2, 0.25) is 0 Å². The lowest BCUT2D eigenvalue weighted by Gasteiger charge is -2.40. The molecule has 0 radical (unpaired) electrons. The van der Waals surface area contributed by atoms with Gasteiger partial charge in [-0.15, -0.1) is 0 Å². The van der Waals surface area contributed by atoms with Gasteiger partial charge < -0.3 is 29.3 Å². The number of carbonyl (C=O) groups is 3. The van der Waals surface area contributed by atoms with E-state index in [1.807, 2.05) is 64.7 Å². The number of aromatic nitrogens is 2. The van der Waals surface area contributed by atoms with Gasteiger partial charge in [-0.2, -0.15) is 0 Å². The molecule has 4 amide bonds. The van der Waals surface area contributed by atoms with Crippen molar-refractivity contribution >= 4 is 44.8 Å². The molecule has 14 heteroatoms. The summed E-state index contributed by atoms with van der Waals surface area (Å²) < 4.78 is 33.7. The van der Waals surface area contributed by atoms with Crippen LogP contribution >= 0.6 is 0 Å². The molecular weight excluding hydrogens is 683 g/mol. The van der Waals surface area contributed by atoms with E-state index in [9.17, 15) is 22.8 Å². The van der Waals surface area contributed by atoms with Gasteiger partial charge in [0.05, 0.1) is 23.6 Å². The fourth-order valence-corrected chi connectivity index (χ4v) is 9.75. The topological polar surface area (TPSA) is 137 Å². The van der Waals surface area contributed by atoms with Crippen LogP contribution in [-0.4, -0.2) is 119 Å². The monoisotopic (exact) mass is 733 g/mol. The number of hydrogen-bond donors (Lipinski definition) is 1. The molecule has 4 aliphatic rings. The van der Waals surface area contributed by atoms with Crippen molar-refractivity contribution in [1.82, 2.24) is 28.6 Å². The molecule has 1 atom stereocenters. The summed E-state index contributed by atoms with van der Waals surface area (Å²) in [6, 6.07) is 11.8. The second-order valence-electron chi connectivity index (χ2n) is 15.1. The van der Waals surface area contributed by atoms with Gasteiger partial charge in [0.15, 0.2) is 6.10 Å². The highest BCUT2D eigenvalue weighted by Crippen LogP contribution is 2.34. The number of nitrogens with one attached hydrogen (secondary N) is 1. The maximum Gasteiger partial charge on any atom is 0.410 e. The van der Waals surface area contributed by atoms with Crippen molar-refractivity contribution in [2.24, 2.45) is 18.9 Å². The summed E-state index contributed by atoms with van der Waals surface area (Å²) in [5.74, 6) is 0.687.